The van der Waals surface area contributed by atoms with Crippen molar-refractivity contribution in [3.63, 3.8) is 0 Å². The molecule has 0 fully saturated rings. The van der Waals surface area contributed by atoms with Crippen molar-refractivity contribution in [2.45, 2.75) is 6.92 Å². The Morgan fingerprint density at radius 2 is 2.00 bits per heavy atom. The fourth-order valence-corrected chi connectivity index (χ4v) is 2.44. The maximum atomic E-state index is 11.9. The van der Waals surface area contributed by atoms with E-state index >= 15 is 0 Å². The molecule has 0 aliphatic rings. The molecule has 0 saturated heterocycles. The highest BCUT2D eigenvalue weighted by atomic mass is 127. The van der Waals surface area contributed by atoms with Crippen LogP contribution in [0.15, 0.2) is 29.1 Å². The molecule has 88 valence electrons. The Bertz CT molecular complexity index is 601. The zero-order chi connectivity index (χ0) is 12.4. The monoisotopic (exact) mass is 360 g/mol. The van der Waals surface area contributed by atoms with Gasteiger partial charge in [0.25, 0.3) is 5.91 Å². The van der Waals surface area contributed by atoms with Gasteiger partial charge in [-0.1, -0.05) is 11.3 Å². The Labute approximate surface area is 115 Å². The number of H-pyrrole nitrogens is 1. The molecule has 0 aliphatic heterocycles. The fraction of sp³-hybridized carbons (Fsp3) is 0.0909. The highest BCUT2D eigenvalue weighted by Gasteiger charge is 2.13. The number of hydrogen-bond donors (Lipinski definition) is 2. The third-order valence-electron chi connectivity index (χ3n) is 2.13. The van der Waals surface area contributed by atoms with E-state index < -0.39 is 0 Å². The Hall–Kier alpha value is -1.15. The number of aryl methyl sites for hydroxylation is 1. The summed E-state index contributed by atoms with van der Waals surface area (Å²) in [6, 6.07) is 7.46. The topological polar surface area (TPSA) is 62.0 Å². The number of aromatic nitrogens is 1. The average molecular weight is 360 g/mol. The molecule has 17 heavy (non-hydrogen) atoms. The minimum atomic E-state index is -0.257. The highest BCUT2D eigenvalue weighted by Crippen LogP contribution is 2.14. The molecule has 2 N–H and O–H groups in total. The molecule has 1 amide bonds. The van der Waals surface area contributed by atoms with Crippen LogP contribution >= 0.6 is 33.9 Å². The van der Waals surface area contributed by atoms with E-state index in [1.54, 1.807) is 6.92 Å². The lowest BCUT2D eigenvalue weighted by atomic mass is 10.3. The smallest absolute Gasteiger partial charge is 0.305 e. The Morgan fingerprint density at radius 3 is 2.53 bits per heavy atom. The van der Waals surface area contributed by atoms with Gasteiger partial charge in [0.1, 0.15) is 4.88 Å². The molecule has 1 aromatic heterocycles. The van der Waals surface area contributed by atoms with Gasteiger partial charge in [-0.15, -0.1) is 0 Å². The van der Waals surface area contributed by atoms with Crippen LogP contribution in [-0.4, -0.2) is 10.9 Å². The average Bonchev–Trinajstić information content (AvgIpc) is 2.61. The molecule has 0 atom stereocenters. The molecule has 4 nitrogen and oxygen atoms in total. The minimum Gasteiger partial charge on any atom is -0.321 e. The van der Waals surface area contributed by atoms with Gasteiger partial charge >= 0.3 is 4.87 Å². The maximum Gasteiger partial charge on any atom is 0.305 e. The van der Waals surface area contributed by atoms with E-state index in [2.05, 4.69) is 32.9 Å². The molecular formula is C11H9IN2O2S. The number of halogens is 1. The van der Waals surface area contributed by atoms with E-state index in [0.717, 1.165) is 20.6 Å². The van der Waals surface area contributed by atoms with Crippen LogP contribution in [0.1, 0.15) is 15.4 Å². The summed E-state index contributed by atoms with van der Waals surface area (Å²) in [7, 11) is 0. The second-order valence-electron chi connectivity index (χ2n) is 3.43. The molecule has 0 spiro atoms. The SMILES string of the molecule is Cc1[nH]c(=O)sc1C(=O)Nc1ccc(I)cc1. The highest BCUT2D eigenvalue weighted by molar-refractivity contribution is 14.1. The lowest BCUT2D eigenvalue weighted by molar-refractivity contribution is 0.103. The van der Waals surface area contributed by atoms with E-state index in [0.29, 0.717) is 10.6 Å². The van der Waals surface area contributed by atoms with E-state index in [4.69, 9.17) is 0 Å². The standard InChI is InChI=1S/C11H9IN2O2S/c1-6-9(17-11(16)13-6)10(15)14-8-4-2-7(12)3-5-8/h2-5H,1H3,(H,13,16)(H,14,15). The van der Waals surface area contributed by atoms with Crippen LogP contribution in [0.5, 0.6) is 0 Å². The van der Waals surface area contributed by atoms with Gasteiger partial charge in [0, 0.05) is 15.0 Å². The number of thiazole rings is 1. The first-order chi connectivity index (χ1) is 8.06. The van der Waals surface area contributed by atoms with E-state index in [1.165, 1.54) is 0 Å². The van der Waals surface area contributed by atoms with Gasteiger partial charge < -0.3 is 10.3 Å². The fourth-order valence-electron chi connectivity index (χ4n) is 1.34. The van der Waals surface area contributed by atoms with Crippen LogP contribution in [0.25, 0.3) is 0 Å². The molecule has 2 rings (SSSR count). The second kappa shape index (κ2) is 5.01. The molecule has 1 aromatic carbocycles. The summed E-state index contributed by atoms with van der Waals surface area (Å²) < 4.78 is 1.10. The summed E-state index contributed by atoms with van der Waals surface area (Å²) in [5, 5.41) is 2.75. The molecule has 0 aliphatic carbocycles. The van der Waals surface area contributed by atoms with Gasteiger partial charge in [0.15, 0.2) is 0 Å². The Balaban J connectivity index is 2.20. The second-order valence-corrected chi connectivity index (χ2v) is 5.66. The molecule has 0 saturated carbocycles. The number of hydrogen-bond acceptors (Lipinski definition) is 3. The van der Waals surface area contributed by atoms with Crippen LogP contribution in [0, 0.1) is 10.5 Å². The maximum absolute atomic E-state index is 11.9. The van der Waals surface area contributed by atoms with E-state index in [1.807, 2.05) is 24.3 Å². The molecule has 2 aromatic rings. The number of aromatic amines is 1. The predicted molar refractivity (Wildman–Crippen MR) is 76.8 cm³/mol. The zero-order valence-electron chi connectivity index (χ0n) is 8.91. The van der Waals surface area contributed by atoms with Crippen LogP contribution in [0.2, 0.25) is 0 Å². The molecule has 0 bridgehead atoms. The van der Waals surface area contributed by atoms with Crippen molar-refractivity contribution in [2.24, 2.45) is 0 Å². The third-order valence-corrected chi connectivity index (χ3v) is 3.84. The number of benzene rings is 1. The van der Waals surface area contributed by atoms with Crippen LogP contribution in [0.3, 0.4) is 0 Å². The summed E-state index contributed by atoms with van der Waals surface area (Å²) in [4.78, 5) is 25.8. The Kier molecular flexibility index (Phi) is 3.63. The predicted octanol–water partition coefficient (Wildman–Crippen LogP) is 2.60. The summed E-state index contributed by atoms with van der Waals surface area (Å²) in [6.07, 6.45) is 0. The van der Waals surface area contributed by atoms with E-state index in [-0.39, 0.29) is 10.8 Å². The number of anilines is 1. The number of carbonyl (C=O) groups is 1. The molecule has 0 radical (unpaired) electrons. The van der Waals surface area contributed by atoms with Crippen molar-refractivity contribution in [2.75, 3.05) is 5.32 Å². The molecular weight excluding hydrogens is 351 g/mol. The van der Waals surface area contributed by atoms with Crippen LogP contribution in [-0.2, 0) is 0 Å². The van der Waals surface area contributed by atoms with Crippen molar-refractivity contribution in [1.82, 2.24) is 4.98 Å². The Morgan fingerprint density at radius 1 is 1.35 bits per heavy atom. The van der Waals surface area contributed by atoms with Crippen molar-refractivity contribution >= 4 is 45.5 Å². The third kappa shape index (κ3) is 2.95. The van der Waals surface area contributed by atoms with Crippen molar-refractivity contribution < 1.29 is 4.79 Å². The van der Waals surface area contributed by atoms with Gasteiger partial charge in [-0.25, -0.2) is 0 Å². The summed E-state index contributed by atoms with van der Waals surface area (Å²) >= 11 is 3.11. The molecule has 1 heterocycles. The van der Waals surface area contributed by atoms with Gasteiger partial charge in [0.05, 0.1) is 0 Å². The largest absolute Gasteiger partial charge is 0.321 e. The molecule has 0 unspecified atom stereocenters. The van der Waals surface area contributed by atoms with Crippen molar-refractivity contribution in [1.29, 1.82) is 0 Å². The number of amides is 1. The van der Waals surface area contributed by atoms with Gasteiger partial charge in [0.2, 0.25) is 0 Å². The first kappa shape index (κ1) is 12.3. The first-order valence-corrected chi connectivity index (χ1v) is 6.72. The zero-order valence-corrected chi connectivity index (χ0v) is 11.9. The number of nitrogens with one attached hydrogen (secondary N) is 2. The quantitative estimate of drug-likeness (QED) is 0.809. The summed E-state index contributed by atoms with van der Waals surface area (Å²) in [5.74, 6) is -0.257. The minimum absolute atomic E-state index is 0.213. The van der Waals surface area contributed by atoms with Crippen LogP contribution < -0.4 is 10.2 Å². The number of rotatable bonds is 2. The van der Waals surface area contributed by atoms with Gasteiger partial charge in [-0.05, 0) is 53.8 Å². The first-order valence-electron chi connectivity index (χ1n) is 4.83. The molecule has 6 heteroatoms. The summed E-state index contributed by atoms with van der Waals surface area (Å²) in [5.41, 5.74) is 1.32. The number of carbonyl (C=O) groups excluding carboxylic acids is 1. The van der Waals surface area contributed by atoms with Crippen molar-refractivity contribution in [3.05, 3.63) is 48.1 Å². The van der Waals surface area contributed by atoms with Gasteiger partial charge in [-0.2, -0.15) is 0 Å². The van der Waals surface area contributed by atoms with E-state index in [9.17, 15) is 9.59 Å². The normalized spacial score (nSPS) is 10.2. The van der Waals surface area contributed by atoms with Crippen molar-refractivity contribution in [3.8, 4) is 0 Å². The van der Waals surface area contributed by atoms with Crippen LogP contribution in [0.4, 0.5) is 5.69 Å². The lowest BCUT2D eigenvalue weighted by Crippen LogP contribution is -2.11. The summed E-state index contributed by atoms with van der Waals surface area (Å²) in [6.45, 7) is 1.71. The van der Waals surface area contributed by atoms with Gasteiger partial charge in [-0.3, -0.25) is 9.59 Å². The lowest BCUT2D eigenvalue weighted by Gasteiger charge is -2.03.